The number of hydrogen-bond donors (Lipinski definition) is 0. The van der Waals surface area contributed by atoms with Crippen LogP contribution in [0.3, 0.4) is 0 Å². The lowest BCUT2D eigenvalue weighted by Gasteiger charge is -2.15. The number of allylic oxidation sites excluding steroid dienone is 2. The van der Waals surface area contributed by atoms with Gasteiger partial charge in [0.15, 0.2) is 5.78 Å². The highest BCUT2D eigenvalue weighted by molar-refractivity contribution is 6.18. The minimum Gasteiger partial charge on any atom is -0.340 e. The molecule has 96 valence electrons. The van der Waals surface area contributed by atoms with Gasteiger partial charge in [-0.2, -0.15) is 0 Å². The summed E-state index contributed by atoms with van der Waals surface area (Å²) >= 11 is 5.56. The molecule has 0 radical (unpaired) electrons. The number of aromatic nitrogens is 1. The van der Waals surface area contributed by atoms with Gasteiger partial charge in [0.2, 0.25) is 0 Å². The van der Waals surface area contributed by atoms with Crippen molar-refractivity contribution in [1.82, 2.24) is 9.47 Å². The van der Waals surface area contributed by atoms with Crippen LogP contribution in [0.15, 0.2) is 24.4 Å². The molecule has 2 rings (SSSR count). The van der Waals surface area contributed by atoms with E-state index in [9.17, 15) is 9.59 Å². The largest absolute Gasteiger partial charge is 0.340 e. The Morgan fingerprint density at radius 3 is 2.89 bits per heavy atom. The second kappa shape index (κ2) is 5.40. The van der Waals surface area contributed by atoms with Gasteiger partial charge in [0.1, 0.15) is 5.69 Å². The van der Waals surface area contributed by atoms with Gasteiger partial charge in [-0.3, -0.25) is 9.59 Å². The molecule has 5 heteroatoms. The molecule has 0 atom stereocenters. The monoisotopic (exact) mass is 266 g/mol. The number of halogens is 1. The minimum absolute atomic E-state index is 0.0303. The number of nitrogens with zero attached hydrogens (tertiary/aromatic N) is 2. The molecule has 0 unspecified atom stereocenters. The predicted octanol–water partition coefficient (Wildman–Crippen LogP) is 1.94. The molecular formula is C13H15ClN2O2. The van der Waals surface area contributed by atoms with Crippen LogP contribution in [0.4, 0.5) is 0 Å². The molecular weight excluding hydrogens is 252 g/mol. The van der Waals surface area contributed by atoms with Crippen molar-refractivity contribution in [2.75, 3.05) is 19.5 Å². The maximum atomic E-state index is 12.2. The van der Waals surface area contributed by atoms with Crippen molar-refractivity contribution in [3.05, 3.63) is 35.7 Å². The number of Topliss-reactive ketones (excluding diaryl/α,β-unsaturated/α-hetero) is 1. The zero-order valence-corrected chi connectivity index (χ0v) is 11.0. The summed E-state index contributed by atoms with van der Waals surface area (Å²) in [5.41, 5.74) is 1.02. The second-order valence-electron chi connectivity index (χ2n) is 4.26. The van der Waals surface area contributed by atoms with E-state index in [1.165, 1.54) is 0 Å². The van der Waals surface area contributed by atoms with Crippen LogP contribution in [0.1, 0.15) is 27.3 Å². The Morgan fingerprint density at radius 2 is 2.17 bits per heavy atom. The smallest absolute Gasteiger partial charge is 0.270 e. The number of fused-ring (bicyclic) bond motifs is 1. The fourth-order valence-corrected chi connectivity index (χ4v) is 2.15. The maximum Gasteiger partial charge on any atom is 0.270 e. The van der Waals surface area contributed by atoms with Gasteiger partial charge in [-0.25, -0.2) is 0 Å². The highest BCUT2D eigenvalue weighted by Crippen LogP contribution is 2.19. The first-order valence-electron chi connectivity index (χ1n) is 5.84. The Bertz CT molecular complexity index is 505. The third kappa shape index (κ3) is 2.34. The molecule has 2 heterocycles. The summed E-state index contributed by atoms with van der Waals surface area (Å²) in [6.07, 6.45) is 5.87. The summed E-state index contributed by atoms with van der Waals surface area (Å²) in [5, 5.41) is 0. The fraction of sp³-hybridized carbons (Fsp3) is 0.385. The predicted molar refractivity (Wildman–Crippen MR) is 70.2 cm³/mol. The molecule has 1 aromatic heterocycles. The van der Waals surface area contributed by atoms with E-state index < -0.39 is 0 Å². The van der Waals surface area contributed by atoms with E-state index in [2.05, 4.69) is 0 Å². The molecule has 4 nitrogen and oxygen atoms in total. The lowest BCUT2D eigenvalue weighted by molar-refractivity contribution is 0.0788. The van der Waals surface area contributed by atoms with Crippen LogP contribution in [0.25, 0.3) is 0 Å². The van der Waals surface area contributed by atoms with Crippen molar-refractivity contribution < 1.29 is 9.59 Å². The molecule has 0 aliphatic carbocycles. The molecule has 18 heavy (non-hydrogen) atoms. The third-order valence-corrected chi connectivity index (χ3v) is 3.22. The van der Waals surface area contributed by atoms with Crippen molar-refractivity contribution in [2.45, 2.75) is 13.0 Å². The Balaban J connectivity index is 2.38. The normalized spacial score (nSPS) is 16.2. The summed E-state index contributed by atoms with van der Waals surface area (Å²) in [6, 6.07) is 1.73. The lowest BCUT2D eigenvalue weighted by Crippen LogP contribution is -2.28. The Labute approximate surface area is 111 Å². The van der Waals surface area contributed by atoms with Crippen LogP contribution < -0.4 is 0 Å². The first-order chi connectivity index (χ1) is 8.65. The number of carbonyl (C=O) groups excluding carboxylic acids is 2. The van der Waals surface area contributed by atoms with Gasteiger partial charge in [-0.15, -0.1) is 11.6 Å². The summed E-state index contributed by atoms with van der Waals surface area (Å²) in [4.78, 5) is 25.7. The topological polar surface area (TPSA) is 42.3 Å². The minimum atomic E-state index is -0.0971. The zero-order valence-electron chi connectivity index (χ0n) is 10.2. The van der Waals surface area contributed by atoms with Gasteiger partial charge in [0.25, 0.3) is 5.91 Å². The first kappa shape index (κ1) is 12.9. The van der Waals surface area contributed by atoms with Gasteiger partial charge >= 0.3 is 0 Å². The molecule has 0 N–H and O–H groups in total. The van der Waals surface area contributed by atoms with E-state index in [0.29, 0.717) is 36.6 Å². The van der Waals surface area contributed by atoms with Gasteiger partial charge < -0.3 is 9.47 Å². The first-order valence-corrected chi connectivity index (χ1v) is 6.37. The molecule has 1 aromatic rings. The lowest BCUT2D eigenvalue weighted by atomic mass is 10.1. The van der Waals surface area contributed by atoms with Gasteiger partial charge in [-0.05, 0) is 6.07 Å². The van der Waals surface area contributed by atoms with Crippen LogP contribution in [-0.4, -0.2) is 40.6 Å². The Kier molecular flexibility index (Phi) is 3.87. The van der Waals surface area contributed by atoms with E-state index in [0.717, 1.165) is 0 Å². The molecule has 0 fully saturated rings. The van der Waals surface area contributed by atoms with Crippen molar-refractivity contribution in [3.63, 3.8) is 0 Å². The van der Waals surface area contributed by atoms with Crippen LogP contribution in [0.2, 0.25) is 0 Å². The van der Waals surface area contributed by atoms with Crippen LogP contribution >= 0.6 is 11.6 Å². The second-order valence-corrected chi connectivity index (χ2v) is 4.56. The average Bonchev–Trinajstić information content (AvgIpc) is 2.74. The molecule has 0 aromatic carbocycles. The van der Waals surface area contributed by atoms with Crippen LogP contribution in [0.5, 0.6) is 0 Å². The quantitative estimate of drug-likeness (QED) is 0.620. The maximum absolute atomic E-state index is 12.2. The van der Waals surface area contributed by atoms with E-state index in [4.69, 9.17) is 11.6 Å². The Morgan fingerprint density at radius 1 is 1.39 bits per heavy atom. The number of amides is 1. The SMILES string of the molecule is CN1CCC(=O)c2ccn(C/C=C\CCl)c2C1=O. The van der Waals surface area contributed by atoms with Crippen molar-refractivity contribution in [1.29, 1.82) is 0 Å². The number of alkyl halides is 1. The van der Waals surface area contributed by atoms with E-state index in [-0.39, 0.29) is 11.7 Å². The van der Waals surface area contributed by atoms with E-state index >= 15 is 0 Å². The molecule has 0 bridgehead atoms. The molecule has 0 saturated heterocycles. The summed E-state index contributed by atoms with van der Waals surface area (Å²) < 4.78 is 1.79. The summed E-state index contributed by atoms with van der Waals surface area (Å²) in [5.74, 6) is 0.374. The fourth-order valence-electron chi connectivity index (χ4n) is 2.03. The highest BCUT2D eigenvalue weighted by atomic mass is 35.5. The van der Waals surface area contributed by atoms with Crippen LogP contribution in [0, 0.1) is 0 Å². The molecule has 1 aliphatic heterocycles. The van der Waals surface area contributed by atoms with Gasteiger partial charge in [-0.1, -0.05) is 12.2 Å². The van der Waals surface area contributed by atoms with Crippen LogP contribution in [-0.2, 0) is 6.54 Å². The van der Waals surface area contributed by atoms with Crippen molar-refractivity contribution in [2.24, 2.45) is 0 Å². The third-order valence-electron chi connectivity index (χ3n) is 3.05. The van der Waals surface area contributed by atoms with Gasteiger partial charge in [0, 0.05) is 44.2 Å². The van der Waals surface area contributed by atoms with E-state index in [1.54, 1.807) is 28.8 Å². The molecule has 0 spiro atoms. The van der Waals surface area contributed by atoms with Gasteiger partial charge in [0.05, 0.1) is 0 Å². The molecule has 0 saturated carbocycles. The number of ketones is 1. The molecule has 1 amide bonds. The Hall–Kier alpha value is -1.55. The van der Waals surface area contributed by atoms with Crippen molar-refractivity contribution >= 4 is 23.3 Å². The summed E-state index contributed by atoms with van der Waals surface area (Å²) in [6.45, 7) is 1.03. The zero-order chi connectivity index (χ0) is 13.1. The average molecular weight is 267 g/mol. The summed E-state index contributed by atoms with van der Waals surface area (Å²) in [7, 11) is 1.72. The number of rotatable bonds is 3. The highest BCUT2D eigenvalue weighted by Gasteiger charge is 2.27. The number of carbonyl (C=O) groups is 2. The van der Waals surface area contributed by atoms with E-state index in [1.807, 2.05) is 12.2 Å². The van der Waals surface area contributed by atoms with Crippen molar-refractivity contribution in [3.8, 4) is 0 Å². The number of hydrogen-bond acceptors (Lipinski definition) is 2. The molecule has 1 aliphatic rings. The standard InChI is InChI=1S/C13H15ClN2O2/c1-15-8-5-11(17)10-4-9-16(7-3-2-6-14)12(10)13(15)18/h2-4,9H,5-8H2,1H3/b3-2-.